The summed E-state index contributed by atoms with van der Waals surface area (Å²) in [5.74, 6) is -0.350. The van der Waals surface area contributed by atoms with Gasteiger partial charge in [0.15, 0.2) is 0 Å². The lowest BCUT2D eigenvalue weighted by Crippen LogP contribution is -2.14. The molecule has 0 aliphatic rings. The van der Waals surface area contributed by atoms with E-state index in [4.69, 9.17) is 5.73 Å². The van der Waals surface area contributed by atoms with Crippen molar-refractivity contribution < 1.29 is 9.72 Å². The van der Waals surface area contributed by atoms with Crippen molar-refractivity contribution in [1.82, 2.24) is 9.97 Å². The molecule has 8 heteroatoms. The lowest BCUT2D eigenvalue weighted by Gasteiger charge is -2.04. The van der Waals surface area contributed by atoms with Crippen LogP contribution in [0.15, 0.2) is 36.7 Å². The summed E-state index contributed by atoms with van der Waals surface area (Å²) in [6, 6.07) is 5.33. The molecule has 0 fully saturated rings. The predicted molar refractivity (Wildman–Crippen MR) is 67.5 cm³/mol. The second-order valence-electron chi connectivity index (χ2n) is 3.56. The van der Waals surface area contributed by atoms with Crippen LogP contribution >= 0.6 is 0 Å². The van der Waals surface area contributed by atoms with Gasteiger partial charge in [-0.25, -0.2) is 9.97 Å². The lowest BCUT2D eigenvalue weighted by molar-refractivity contribution is -0.383. The summed E-state index contributed by atoms with van der Waals surface area (Å²) in [4.78, 5) is 29.5. The number of nitro benzene ring substituents is 1. The van der Waals surface area contributed by atoms with Gasteiger partial charge in [0.1, 0.15) is 5.69 Å². The highest BCUT2D eigenvalue weighted by Crippen LogP contribution is 2.22. The third-order valence-electron chi connectivity index (χ3n) is 2.28. The summed E-state index contributed by atoms with van der Waals surface area (Å²) in [5, 5.41) is 13.0. The smallest absolute Gasteiger partial charge is 0.292 e. The zero-order valence-corrected chi connectivity index (χ0v) is 9.61. The number of benzene rings is 1. The molecule has 19 heavy (non-hydrogen) atoms. The van der Waals surface area contributed by atoms with E-state index in [2.05, 4.69) is 15.3 Å². The maximum atomic E-state index is 11.8. The Balaban J connectivity index is 2.21. The molecule has 0 saturated heterocycles. The van der Waals surface area contributed by atoms with Gasteiger partial charge in [-0.15, -0.1) is 0 Å². The minimum atomic E-state index is -0.614. The normalized spacial score (nSPS) is 9.89. The van der Waals surface area contributed by atoms with Crippen molar-refractivity contribution in [2.24, 2.45) is 0 Å². The molecule has 0 radical (unpaired) electrons. The van der Waals surface area contributed by atoms with Gasteiger partial charge in [0.05, 0.1) is 4.92 Å². The Hall–Kier alpha value is -3.03. The van der Waals surface area contributed by atoms with Gasteiger partial charge >= 0.3 is 0 Å². The zero-order valence-electron chi connectivity index (χ0n) is 9.61. The van der Waals surface area contributed by atoms with Gasteiger partial charge in [-0.1, -0.05) is 0 Å². The number of nitrogens with one attached hydrogen (secondary N) is 1. The van der Waals surface area contributed by atoms with Crippen LogP contribution in [0, 0.1) is 10.1 Å². The Morgan fingerprint density at radius 1 is 1.32 bits per heavy atom. The summed E-state index contributed by atoms with van der Waals surface area (Å²) in [6.07, 6.45) is 2.96. The van der Waals surface area contributed by atoms with Crippen LogP contribution in [0.3, 0.4) is 0 Å². The molecule has 2 aromatic rings. The maximum absolute atomic E-state index is 11.8. The molecule has 0 bridgehead atoms. The van der Waals surface area contributed by atoms with Crippen LogP contribution in [0.25, 0.3) is 0 Å². The first-order valence-corrected chi connectivity index (χ1v) is 5.20. The summed E-state index contributed by atoms with van der Waals surface area (Å²) in [5.41, 5.74) is 5.37. The fourth-order valence-corrected chi connectivity index (χ4v) is 1.40. The molecule has 3 N–H and O–H groups in total. The number of aromatic nitrogens is 2. The molecule has 0 spiro atoms. The third kappa shape index (κ3) is 2.80. The van der Waals surface area contributed by atoms with Gasteiger partial charge < -0.3 is 5.73 Å². The van der Waals surface area contributed by atoms with Gasteiger partial charge in [0.25, 0.3) is 11.6 Å². The molecule has 1 amide bonds. The Morgan fingerprint density at radius 2 is 2.00 bits per heavy atom. The van der Waals surface area contributed by atoms with Crippen molar-refractivity contribution in [2.45, 2.75) is 0 Å². The number of nitrogen functional groups attached to an aromatic ring is 1. The second-order valence-corrected chi connectivity index (χ2v) is 3.56. The van der Waals surface area contributed by atoms with Crippen molar-refractivity contribution in [3.05, 3.63) is 52.3 Å². The van der Waals surface area contributed by atoms with E-state index in [1.807, 2.05) is 0 Å². The van der Waals surface area contributed by atoms with Crippen LogP contribution in [0.4, 0.5) is 17.3 Å². The number of nitrogens with two attached hydrogens (primary N) is 1. The minimum absolute atomic E-state index is 0.0772. The van der Waals surface area contributed by atoms with Crippen LogP contribution in [0.5, 0.6) is 0 Å². The van der Waals surface area contributed by atoms with E-state index < -0.39 is 10.8 Å². The van der Waals surface area contributed by atoms with Crippen LogP contribution < -0.4 is 11.1 Å². The van der Waals surface area contributed by atoms with Crippen molar-refractivity contribution in [2.75, 3.05) is 11.1 Å². The molecule has 1 heterocycles. The van der Waals surface area contributed by atoms with Gasteiger partial charge in [-0.05, 0) is 18.2 Å². The van der Waals surface area contributed by atoms with Gasteiger partial charge in [0.2, 0.25) is 5.95 Å². The molecule has 0 unspecified atom stereocenters. The first-order chi connectivity index (χ1) is 9.08. The highest BCUT2D eigenvalue weighted by molar-refractivity contribution is 6.04. The van der Waals surface area contributed by atoms with E-state index in [1.54, 1.807) is 6.07 Å². The van der Waals surface area contributed by atoms with Crippen molar-refractivity contribution in [3.8, 4) is 0 Å². The summed E-state index contributed by atoms with van der Waals surface area (Å²) >= 11 is 0. The molecular formula is C11H9N5O3. The number of amides is 1. The molecule has 0 atom stereocenters. The molecule has 96 valence electrons. The lowest BCUT2D eigenvalue weighted by atomic mass is 10.1. The Morgan fingerprint density at radius 3 is 2.58 bits per heavy atom. The topological polar surface area (TPSA) is 124 Å². The summed E-state index contributed by atoms with van der Waals surface area (Å²) < 4.78 is 0. The minimum Gasteiger partial charge on any atom is -0.393 e. The number of hydrogen-bond acceptors (Lipinski definition) is 6. The molecule has 8 nitrogen and oxygen atoms in total. The van der Waals surface area contributed by atoms with Crippen LogP contribution in [-0.2, 0) is 0 Å². The molecular weight excluding hydrogens is 250 g/mol. The summed E-state index contributed by atoms with van der Waals surface area (Å²) in [7, 11) is 0. The summed E-state index contributed by atoms with van der Waals surface area (Å²) in [6.45, 7) is 0. The Labute approximate surface area is 107 Å². The first-order valence-electron chi connectivity index (χ1n) is 5.20. The van der Waals surface area contributed by atoms with E-state index in [9.17, 15) is 14.9 Å². The molecule has 0 saturated carbocycles. The average molecular weight is 259 g/mol. The molecule has 2 rings (SSSR count). The van der Waals surface area contributed by atoms with E-state index in [1.165, 1.54) is 30.6 Å². The Bertz CT molecular complexity index is 629. The van der Waals surface area contributed by atoms with Crippen molar-refractivity contribution >= 4 is 23.2 Å². The third-order valence-corrected chi connectivity index (χ3v) is 2.28. The van der Waals surface area contributed by atoms with E-state index in [0.29, 0.717) is 0 Å². The predicted octanol–water partition coefficient (Wildman–Crippen LogP) is 1.22. The number of carbonyl (C=O) groups is 1. The SMILES string of the molecule is Nc1cc(C(=O)Nc2ncccn2)ccc1[N+](=O)[O-]. The number of carbonyl (C=O) groups excluding carboxylic acids is 1. The average Bonchev–Trinajstić information content (AvgIpc) is 2.39. The van der Waals surface area contributed by atoms with E-state index >= 15 is 0 Å². The largest absolute Gasteiger partial charge is 0.393 e. The highest BCUT2D eigenvalue weighted by atomic mass is 16.6. The monoisotopic (exact) mass is 259 g/mol. The van der Waals surface area contributed by atoms with Crippen LogP contribution in [0.1, 0.15) is 10.4 Å². The zero-order chi connectivity index (χ0) is 13.8. The number of anilines is 2. The van der Waals surface area contributed by atoms with Crippen molar-refractivity contribution in [1.29, 1.82) is 0 Å². The molecule has 0 aliphatic carbocycles. The van der Waals surface area contributed by atoms with Crippen molar-refractivity contribution in [3.63, 3.8) is 0 Å². The fourth-order valence-electron chi connectivity index (χ4n) is 1.40. The van der Waals surface area contributed by atoms with E-state index in [0.717, 1.165) is 0 Å². The van der Waals surface area contributed by atoms with E-state index in [-0.39, 0.29) is 22.9 Å². The fraction of sp³-hybridized carbons (Fsp3) is 0. The van der Waals surface area contributed by atoms with Crippen LogP contribution in [0.2, 0.25) is 0 Å². The van der Waals surface area contributed by atoms with Crippen LogP contribution in [-0.4, -0.2) is 20.8 Å². The molecule has 1 aromatic heterocycles. The second kappa shape index (κ2) is 5.08. The standard InChI is InChI=1S/C11H9N5O3/c12-8-6-7(2-3-9(8)16(18)19)10(17)15-11-13-4-1-5-14-11/h1-6H,12H2,(H,13,14,15,17). The molecule has 0 aliphatic heterocycles. The van der Waals surface area contributed by atoms with Gasteiger partial charge in [-0.3, -0.25) is 20.2 Å². The number of hydrogen-bond donors (Lipinski definition) is 2. The maximum Gasteiger partial charge on any atom is 0.292 e. The Kier molecular flexibility index (Phi) is 3.33. The number of nitro groups is 1. The molecule has 1 aromatic carbocycles. The highest BCUT2D eigenvalue weighted by Gasteiger charge is 2.15. The number of nitrogens with zero attached hydrogens (tertiary/aromatic N) is 3. The first kappa shape index (κ1) is 12.4. The van der Waals surface area contributed by atoms with Gasteiger partial charge in [-0.2, -0.15) is 0 Å². The number of rotatable bonds is 3. The van der Waals surface area contributed by atoms with Gasteiger partial charge in [0, 0.05) is 24.0 Å². The quantitative estimate of drug-likeness (QED) is 0.485.